The maximum absolute atomic E-state index is 14.1. The fourth-order valence-electron chi connectivity index (χ4n) is 4.64. The molecule has 0 bridgehead atoms. The first kappa shape index (κ1) is 43.5. The van der Waals surface area contributed by atoms with Gasteiger partial charge in [-0.1, -0.05) is 27.0 Å². The number of halogens is 6. The topological polar surface area (TPSA) is 170 Å². The van der Waals surface area contributed by atoms with Gasteiger partial charge in [0.1, 0.15) is 29.8 Å². The summed E-state index contributed by atoms with van der Waals surface area (Å²) in [6, 6.07) is 5.40. The summed E-state index contributed by atoms with van der Waals surface area (Å²) in [5, 5.41) is 23.8. The maximum atomic E-state index is 14.1. The SMILES string of the molecule is C.C.CCOCC(Nc1ncc(-c2nnc(C(F)F)o2)cn1)c1ccc(F)cc1F.CCOCC(Nc1ncc(C2=NN=NC2)cn1)c1ccc(F)cc1F. The van der Waals surface area contributed by atoms with E-state index < -0.39 is 47.7 Å². The van der Waals surface area contributed by atoms with Crippen LogP contribution in [0.5, 0.6) is 0 Å². The van der Waals surface area contributed by atoms with E-state index in [1.165, 1.54) is 30.6 Å². The highest BCUT2D eigenvalue weighted by Gasteiger charge is 2.21. The van der Waals surface area contributed by atoms with E-state index >= 15 is 0 Å². The van der Waals surface area contributed by atoms with E-state index in [-0.39, 0.29) is 56.6 Å². The Labute approximate surface area is 312 Å². The van der Waals surface area contributed by atoms with Crippen molar-refractivity contribution in [3.05, 3.63) is 107 Å². The highest BCUT2D eigenvalue weighted by atomic mass is 19.3. The Balaban J connectivity index is 0.000000287. The first-order valence-electron chi connectivity index (χ1n) is 15.9. The summed E-state index contributed by atoms with van der Waals surface area (Å²) in [5.74, 6) is -3.27. The van der Waals surface area contributed by atoms with Crippen LogP contribution in [-0.2, 0) is 9.47 Å². The Morgan fingerprint density at radius 3 is 1.60 bits per heavy atom. The van der Waals surface area contributed by atoms with Crippen molar-refractivity contribution in [2.75, 3.05) is 43.6 Å². The first-order chi connectivity index (χ1) is 25.6. The predicted octanol–water partition coefficient (Wildman–Crippen LogP) is 8.32. The number of nitrogens with one attached hydrogen (secondary N) is 2. The molecule has 55 heavy (non-hydrogen) atoms. The number of nitrogens with zero attached hydrogens (tertiary/aromatic N) is 9. The van der Waals surface area contributed by atoms with Gasteiger partial charge in [0.05, 0.1) is 36.6 Å². The third-order valence-electron chi connectivity index (χ3n) is 7.22. The fourth-order valence-corrected chi connectivity index (χ4v) is 4.64. The van der Waals surface area contributed by atoms with Crippen LogP contribution >= 0.6 is 0 Å². The van der Waals surface area contributed by atoms with Crippen molar-refractivity contribution in [1.29, 1.82) is 0 Å². The minimum atomic E-state index is -2.88. The van der Waals surface area contributed by atoms with Crippen LogP contribution in [0.25, 0.3) is 11.5 Å². The highest BCUT2D eigenvalue weighted by molar-refractivity contribution is 6.02. The van der Waals surface area contributed by atoms with Gasteiger partial charge < -0.3 is 24.5 Å². The number of benzene rings is 2. The van der Waals surface area contributed by atoms with Gasteiger partial charge in [0.25, 0.3) is 11.8 Å². The normalized spacial score (nSPS) is 12.9. The molecule has 2 N–H and O–H groups in total. The molecule has 0 fully saturated rings. The summed E-state index contributed by atoms with van der Waals surface area (Å²) in [6.45, 7) is 5.14. The molecule has 0 amide bonds. The summed E-state index contributed by atoms with van der Waals surface area (Å²) in [7, 11) is 0. The molecule has 5 aromatic rings. The zero-order valence-corrected chi connectivity index (χ0v) is 28.1. The molecule has 1 aliphatic heterocycles. The largest absolute Gasteiger partial charge is 0.415 e. The molecule has 2 atom stereocenters. The molecule has 294 valence electrons. The van der Waals surface area contributed by atoms with Crippen molar-refractivity contribution in [3.63, 3.8) is 0 Å². The van der Waals surface area contributed by atoms with Crippen molar-refractivity contribution in [3.8, 4) is 11.5 Å². The molecule has 0 aliphatic carbocycles. The van der Waals surface area contributed by atoms with E-state index in [0.717, 1.165) is 18.2 Å². The summed E-state index contributed by atoms with van der Waals surface area (Å²) in [6.07, 6.45) is 2.87. The molecular weight excluding hydrogens is 736 g/mol. The fraction of sp³-hybridized carbons (Fsp3) is 0.343. The molecule has 20 heteroatoms. The number of ether oxygens (including phenoxy) is 2. The second-order valence-electron chi connectivity index (χ2n) is 10.8. The van der Waals surface area contributed by atoms with E-state index in [0.29, 0.717) is 37.0 Å². The number of hydrogen-bond donors (Lipinski definition) is 2. The number of rotatable bonds is 15. The lowest BCUT2D eigenvalue weighted by Crippen LogP contribution is -2.20. The van der Waals surface area contributed by atoms with Gasteiger partial charge in [-0.15, -0.1) is 15.3 Å². The van der Waals surface area contributed by atoms with Crippen molar-refractivity contribution in [1.82, 2.24) is 30.1 Å². The molecule has 0 saturated heterocycles. The van der Waals surface area contributed by atoms with Gasteiger partial charge in [-0.3, -0.25) is 0 Å². The van der Waals surface area contributed by atoms with Crippen LogP contribution in [-0.4, -0.2) is 68.8 Å². The lowest BCUT2D eigenvalue weighted by atomic mass is 10.1. The monoisotopic (exact) mass is 775 g/mol. The minimum absolute atomic E-state index is 0. The Bertz CT molecular complexity index is 2000. The number of aromatic nitrogens is 6. The van der Waals surface area contributed by atoms with Crippen LogP contribution in [0.4, 0.5) is 38.2 Å². The van der Waals surface area contributed by atoms with Crippen LogP contribution in [0.3, 0.4) is 0 Å². The lowest BCUT2D eigenvalue weighted by molar-refractivity contribution is 0.116. The zero-order chi connectivity index (χ0) is 37.7. The second-order valence-corrected chi connectivity index (χ2v) is 10.8. The molecule has 2 unspecified atom stereocenters. The van der Waals surface area contributed by atoms with Crippen molar-refractivity contribution in [2.24, 2.45) is 15.4 Å². The zero-order valence-electron chi connectivity index (χ0n) is 28.1. The van der Waals surface area contributed by atoms with Crippen LogP contribution in [0.15, 0.2) is 81.0 Å². The Hall–Kier alpha value is -5.89. The van der Waals surface area contributed by atoms with Gasteiger partial charge in [0, 0.05) is 66.8 Å². The summed E-state index contributed by atoms with van der Waals surface area (Å²) >= 11 is 0. The van der Waals surface area contributed by atoms with E-state index in [2.05, 4.69) is 56.2 Å². The third-order valence-corrected chi connectivity index (χ3v) is 7.22. The quantitative estimate of drug-likeness (QED) is 0.0981. The third kappa shape index (κ3) is 12.1. The molecule has 14 nitrogen and oxygen atoms in total. The average Bonchev–Trinajstić information content (AvgIpc) is 3.87. The molecule has 6 rings (SSSR count). The maximum Gasteiger partial charge on any atom is 0.314 e. The number of hydrogen-bond acceptors (Lipinski definition) is 14. The average molecular weight is 776 g/mol. The van der Waals surface area contributed by atoms with E-state index in [1.54, 1.807) is 19.3 Å². The Morgan fingerprint density at radius 1 is 0.709 bits per heavy atom. The molecule has 0 saturated carbocycles. The van der Waals surface area contributed by atoms with Crippen molar-refractivity contribution in [2.45, 2.75) is 47.2 Å². The van der Waals surface area contributed by atoms with Gasteiger partial charge >= 0.3 is 6.43 Å². The highest BCUT2D eigenvalue weighted by Crippen LogP contribution is 2.25. The standard InChI is InChI=1S/C17H15F4N5O2.C16H16F2N6O.2CH4/c1-2-27-8-13(11-4-3-10(18)5-12(11)19)24-17-22-6-9(7-23-17)15-25-26-16(28-15)14(20)21;1-2-25-9-15(12-4-3-11(17)5-13(12)18)22-16-19-6-10(7-20-16)14-8-21-24-23-14;;/h3-7,13-14H,2,8H2,1H3,(H,22,23,24);3-7,15H,2,8-9H2,1H3,(H,19,20,22);2*1H4. The van der Waals surface area contributed by atoms with Gasteiger partial charge in [-0.05, 0) is 31.2 Å². The van der Waals surface area contributed by atoms with Crippen LogP contribution in [0.2, 0.25) is 0 Å². The lowest BCUT2D eigenvalue weighted by Gasteiger charge is -2.19. The molecule has 4 heterocycles. The van der Waals surface area contributed by atoms with E-state index in [4.69, 9.17) is 13.9 Å². The van der Waals surface area contributed by atoms with Crippen LogP contribution < -0.4 is 10.6 Å². The second kappa shape index (κ2) is 21.1. The van der Waals surface area contributed by atoms with Crippen molar-refractivity contribution >= 4 is 17.6 Å². The summed E-state index contributed by atoms with van der Waals surface area (Å²) < 4.78 is 95.1. The minimum Gasteiger partial charge on any atom is -0.415 e. The molecule has 0 spiro atoms. The Kier molecular flexibility index (Phi) is 16.7. The van der Waals surface area contributed by atoms with Gasteiger partial charge in [0.2, 0.25) is 11.9 Å². The van der Waals surface area contributed by atoms with E-state index in [9.17, 15) is 26.3 Å². The Morgan fingerprint density at radius 2 is 1.20 bits per heavy atom. The molecule has 1 aliphatic rings. The molecule has 3 aromatic heterocycles. The molecular formula is C35H39F6N11O3. The molecule has 2 aromatic carbocycles. The van der Waals surface area contributed by atoms with Gasteiger partial charge in [-0.25, -0.2) is 37.5 Å². The smallest absolute Gasteiger partial charge is 0.314 e. The van der Waals surface area contributed by atoms with Crippen LogP contribution in [0, 0.1) is 23.3 Å². The van der Waals surface area contributed by atoms with E-state index in [1.807, 2.05) is 6.92 Å². The van der Waals surface area contributed by atoms with Gasteiger partial charge in [-0.2, -0.15) is 13.9 Å². The van der Waals surface area contributed by atoms with Crippen molar-refractivity contribution < 1.29 is 40.2 Å². The first-order valence-corrected chi connectivity index (χ1v) is 15.9. The predicted molar refractivity (Wildman–Crippen MR) is 190 cm³/mol. The summed E-state index contributed by atoms with van der Waals surface area (Å²) in [5.41, 5.74) is 2.09. The number of alkyl halides is 2. The van der Waals surface area contributed by atoms with Gasteiger partial charge in [0.15, 0.2) is 0 Å². The summed E-state index contributed by atoms with van der Waals surface area (Å²) in [4.78, 5) is 16.5. The van der Waals surface area contributed by atoms with Crippen LogP contribution in [0.1, 0.15) is 69.8 Å². The molecule has 0 radical (unpaired) electrons. The number of anilines is 2.